The Balaban J connectivity index is 1.85. The lowest BCUT2D eigenvalue weighted by Crippen LogP contribution is -2.28. The molecule has 1 aromatic heterocycles. The lowest BCUT2D eigenvalue weighted by Gasteiger charge is -2.18. The van der Waals surface area contributed by atoms with Gasteiger partial charge in [0.15, 0.2) is 11.6 Å². The lowest BCUT2D eigenvalue weighted by atomic mass is 10.00. The molecule has 0 amide bonds. The van der Waals surface area contributed by atoms with Gasteiger partial charge in [-0.3, -0.25) is 0 Å². The van der Waals surface area contributed by atoms with Gasteiger partial charge in [0.05, 0.1) is 5.92 Å². The van der Waals surface area contributed by atoms with E-state index >= 15 is 0 Å². The molecule has 1 atom stereocenters. The fourth-order valence-electron chi connectivity index (χ4n) is 2.23. The van der Waals surface area contributed by atoms with Crippen LogP contribution in [0.1, 0.15) is 24.7 Å². The minimum atomic E-state index is -0.691. The topological polar surface area (TPSA) is 71.2 Å². The quantitative estimate of drug-likeness (QED) is 0.867. The van der Waals surface area contributed by atoms with Crippen LogP contribution in [0.15, 0.2) is 22.7 Å². The van der Waals surface area contributed by atoms with Gasteiger partial charge in [0.1, 0.15) is 0 Å². The van der Waals surface area contributed by atoms with Gasteiger partial charge in [-0.1, -0.05) is 5.16 Å². The Bertz CT molecular complexity index is 579. The van der Waals surface area contributed by atoms with Gasteiger partial charge in [0.2, 0.25) is 11.7 Å². The molecule has 0 saturated carbocycles. The summed E-state index contributed by atoms with van der Waals surface area (Å²) < 4.78 is 18.5. The molecule has 0 spiro atoms. The van der Waals surface area contributed by atoms with Crippen LogP contribution < -0.4 is 5.32 Å². The maximum absolute atomic E-state index is 13.3. The molecule has 0 unspecified atom stereocenters. The van der Waals surface area contributed by atoms with Crippen molar-refractivity contribution in [3.63, 3.8) is 0 Å². The number of hydrogen-bond acceptors (Lipinski definition) is 5. The van der Waals surface area contributed by atoms with E-state index < -0.39 is 5.82 Å². The van der Waals surface area contributed by atoms with E-state index in [1.807, 2.05) is 0 Å². The summed E-state index contributed by atoms with van der Waals surface area (Å²) in [6.07, 6.45) is 2.09. The predicted molar refractivity (Wildman–Crippen MR) is 66.2 cm³/mol. The molecular weight excluding hydrogens is 249 g/mol. The average molecular weight is 263 g/mol. The molecule has 100 valence electrons. The number of phenols is 1. The van der Waals surface area contributed by atoms with Crippen molar-refractivity contribution in [2.24, 2.45) is 0 Å². The molecule has 19 heavy (non-hydrogen) atoms. The minimum absolute atomic E-state index is 0.219. The highest BCUT2D eigenvalue weighted by Crippen LogP contribution is 2.26. The Hall–Kier alpha value is -1.95. The summed E-state index contributed by atoms with van der Waals surface area (Å²) >= 11 is 0. The second kappa shape index (κ2) is 4.97. The maximum Gasteiger partial charge on any atom is 0.231 e. The average Bonchev–Trinajstić information content (AvgIpc) is 2.93. The van der Waals surface area contributed by atoms with Crippen molar-refractivity contribution >= 4 is 0 Å². The standard InChI is InChI=1S/C13H14FN3O2/c14-10-6-8(3-4-11(10)18)12-16-13(19-17-12)9-2-1-5-15-7-9/h3-4,6,9,15,18H,1-2,5,7H2/t9-/m0/s1. The first-order chi connectivity index (χ1) is 9.24. The van der Waals surface area contributed by atoms with Crippen LogP contribution in [0.2, 0.25) is 0 Å². The van der Waals surface area contributed by atoms with Gasteiger partial charge in [-0.05, 0) is 37.6 Å². The first-order valence-corrected chi connectivity index (χ1v) is 6.27. The van der Waals surface area contributed by atoms with E-state index in [-0.39, 0.29) is 11.7 Å². The van der Waals surface area contributed by atoms with Crippen molar-refractivity contribution in [2.75, 3.05) is 13.1 Å². The smallest absolute Gasteiger partial charge is 0.231 e. The number of nitrogens with one attached hydrogen (secondary N) is 1. The molecule has 1 aromatic carbocycles. The van der Waals surface area contributed by atoms with Crippen LogP contribution >= 0.6 is 0 Å². The molecule has 0 aliphatic carbocycles. The van der Waals surface area contributed by atoms with E-state index in [0.29, 0.717) is 17.3 Å². The summed E-state index contributed by atoms with van der Waals surface area (Å²) in [6, 6.07) is 4.04. The highest BCUT2D eigenvalue weighted by atomic mass is 19.1. The van der Waals surface area contributed by atoms with Crippen molar-refractivity contribution < 1.29 is 14.0 Å². The summed E-state index contributed by atoms with van der Waals surface area (Å²) in [5.41, 5.74) is 0.495. The van der Waals surface area contributed by atoms with E-state index in [4.69, 9.17) is 9.63 Å². The zero-order valence-electron chi connectivity index (χ0n) is 10.3. The molecule has 1 fully saturated rings. The highest BCUT2D eigenvalue weighted by molar-refractivity contribution is 5.55. The highest BCUT2D eigenvalue weighted by Gasteiger charge is 2.21. The van der Waals surface area contributed by atoms with Crippen molar-refractivity contribution in [1.29, 1.82) is 0 Å². The minimum Gasteiger partial charge on any atom is -0.505 e. The van der Waals surface area contributed by atoms with Crippen LogP contribution in [0.3, 0.4) is 0 Å². The van der Waals surface area contributed by atoms with Gasteiger partial charge in [0.25, 0.3) is 0 Å². The molecule has 5 nitrogen and oxygen atoms in total. The zero-order valence-corrected chi connectivity index (χ0v) is 10.3. The number of piperidine rings is 1. The Morgan fingerprint density at radius 1 is 1.42 bits per heavy atom. The van der Waals surface area contributed by atoms with Crippen molar-refractivity contribution in [1.82, 2.24) is 15.5 Å². The number of aromatic hydroxyl groups is 1. The monoisotopic (exact) mass is 263 g/mol. The van der Waals surface area contributed by atoms with Gasteiger partial charge in [-0.25, -0.2) is 4.39 Å². The van der Waals surface area contributed by atoms with Gasteiger partial charge in [0, 0.05) is 12.1 Å². The van der Waals surface area contributed by atoms with Crippen LogP contribution in [0.25, 0.3) is 11.4 Å². The van der Waals surface area contributed by atoms with Gasteiger partial charge >= 0.3 is 0 Å². The number of halogens is 1. The Morgan fingerprint density at radius 3 is 3.05 bits per heavy atom. The Labute approximate surface area is 109 Å². The van der Waals surface area contributed by atoms with E-state index in [0.717, 1.165) is 25.9 Å². The molecule has 2 heterocycles. The number of phenolic OH excluding ortho intramolecular Hbond substituents is 1. The first-order valence-electron chi connectivity index (χ1n) is 6.27. The molecule has 0 bridgehead atoms. The van der Waals surface area contributed by atoms with E-state index in [2.05, 4.69) is 15.5 Å². The number of hydrogen-bond donors (Lipinski definition) is 2. The largest absolute Gasteiger partial charge is 0.505 e. The van der Waals surface area contributed by atoms with Gasteiger partial charge in [-0.2, -0.15) is 4.98 Å². The Morgan fingerprint density at radius 2 is 2.32 bits per heavy atom. The fourth-order valence-corrected chi connectivity index (χ4v) is 2.23. The molecule has 2 aromatic rings. The van der Waals surface area contributed by atoms with Crippen LogP contribution in [0.4, 0.5) is 4.39 Å². The van der Waals surface area contributed by atoms with Crippen molar-refractivity contribution in [3.05, 3.63) is 29.9 Å². The Kier molecular flexibility index (Phi) is 3.16. The number of rotatable bonds is 2. The van der Waals surface area contributed by atoms with Gasteiger partial charge < -0.3 is 14.9 Å². The van der Waals surface area contributed by atoms with Crippen LogP contribution in [0, 0.1) is 5.82 Å². The SMILES string of the molecule is Oc1ccc(-c2noc([C@H]3CCCNC3)n2)cc1F. The third-order valence-corrected chi connectivity index (χ3v) is 3.29. The van der Waals surface area contributed by atoms with Crippen molar-refractivity contribution in [3.8, 4) is 17.1 Å². The van der Waals surface area contributed by atoms with E-state index in [1.54, 1.807) is 6.07 Å². The predicted octanol–water partition coefficient (Wildman–Crippen LogP) is 2.05. The number of nitrogens with zero attached hydrogens (tertiary/aromatic N) is 2. The number of aromatic nitrogens is 2. The summed E-state index contributed by atoms with van der Waals surface area (Å²) in [7, 11) is 0. The summed E-state index contributed by atoms with van der Waals surface area (Å²) in [5.74, 6) is 0.0688. The third-order valence-electron chi connectivity index (χ3n) is 3.29. The zero-order chi connectivity index (χ0) is 13.2. The summed E-state index contributed by atoms with van der Waals surface area (Å²) in [4.78, 5) is 4.31. The lowest BCUT2D eigenvalue weighted by molar-refractivity contribution is 0.322. The second-order valence-electron chi connectivity index (χ2n) is 4.67. The van der Waals surface area contributed by atoms with E-state index in [9.17, 15) is 4.39 Å². The molecule has 3 rings (SSSR count). The summed E-state index contributed by atoms with van der Waals surface area (Å²) in [5, 5.41) is 16.3. The molecular formula is C13H14FN3O2. The molecule has 1 saturated heterocycles. The summed E-state index contributed by atoms with van der Waals surface area (Å²) in [6.45, 7) is 1.84. The van der Waals surface area contributed by atoms with Crippen LogP contribution in [-0.4, -0.2) is 28.3 Å². The van der Waals surface area contributed by atoms with Crippen LogP contribution in [-0.2, 0) is 0 Å². The fraction of sp³-hybridized carbons (Fsp3) is 0.385. The normalized spacial score (nSPS) is 19.5. The molecule has 2 N–H and O–H groups in total. The molecule has 0 radical (unpaired) electrons. The molecule has 1 aliphatic heterocycles. The van der Waals surface area contributed by atoms with Gasteiger partial charge in [-0.15, -0.1) is 0 Å². The van der Waals surface area contributed by atoms with Crippen LogP contribution in [0.5, 0.6) is 5.75 Å². The van der Waals surface area contributed by atoms with E-state index in [1.165, 1.54) is 12.1 Å². The maximum atomic E-state index is 13.3. The number of benzene rings is 1. The molecule has 1 aliphatic rings. The third kappa shape index (κ3) is 2.44. The van der Waals surface area contributed by atoms with Crippen molar-refractivity contribution in [2.45, 2.75) is 18.8 Å². The molecule has 6 heteroatoms. The second-order valence-corrected chi connectivity index (χ2v) is 4.67. The first kappa shape index (κ1) is 12.1.